The van der Waals surface area contributed by atoms with Gasteiger partial charge in [0.25, 0.3) is 0 Å². The van der Waals surface area contributed by atoms with E-state index in [-0.39, 0.29) is 6.04 Å². The first kappa shape index (κ1) is 14.1. The van der Waals surface area contributed by atoms with Crippen LogP contribution in [-0.2, 0) is 15.7 Å². The number of halogens is 3. The summed E-state index contributed by atoms with van der Waals surface area (Å²) in [6, 6.07) is 2.18. The van der Waals surface area contributed by atoms with Crippen molar-refractivity contribution in [1.29, 1.82) is 0 Å². The molecule has 1 aliphatic rings. The lowest BCUT2D eigenvalue weighted by molar-refractivity contribution is -0.256. The number of aromatic nitrogens is 1. The number of nitrogens with zero attached hydrogens (tertiary/aromatic N) is 1. The highest BCUT2D eigenvalue weighted by atomic mass is 19.4. The van der Waals surface area contributed by atoms with Gasteiger partial charge in [-0.3, -0.25) is 0 Å². The van der Waals surface area contributed by atoms with E-state index in [9.17, 15) is 13.2 Å². The van der Waals surface area contributed by atoms with Crippen LogP contribution >= 0.6 is 0 Å². The highest BCUT2D eigenvalue weighted by Crippen LogP contribution is 2.38. The van der Waals surface area contributed by atoms with E-state index in [1.807, 2.05) is 0 Å². The van der Waals surface area contributed by atoms with Gasteiger partial charge in [0, 0.05) is 26.8 Å². The number of ether oxygens (including phenoxy) is 2. The number of hydrogen-bond acceptors (Lipinski definition) is 4. The van der Waals surface area contributed by atoms with Crippen LogP contribution in [0.4, 0.5) is 19.0 Å². The summed E-state index contributed by atoms with van der Waals surface area (Å²) in [6.07, 6.45) is -2.02. The molecule has 7 heteroatoms. The normalized spacial score (nSPS) is 21.8. The van der Waals surface area contributed by atoms with Gasteiger partial charge >= 0.3 is 6.18 Å². The number of rotatable bonds is 4. The molecule has 1 heterocycles. The summed E-state index contributed by atoms with van der Waals surface area (Å²) in [5, 5.41) is 3.02. The molecule has 1 aromatic rings. The van der Waals surface area contributed by atoms with Crippen LogP contribution in [0.25, 0.3) is 0 Å². The van der Waals surface area contributed by atoms with E-state index in [0.29, 0.717) is 5.82 Å². The molecule has 1 saturated carbocycles. The SMILES string of the molecule is COC1(OC)CC[C@H]1Nc1ccc(C(F)(F)F)cn1. The first-order valence-corrected chi connectivity index (χ1v) is 5.81. The maximum Gasteiger partial charge on any atom is 0.417 e. The second kappa shape index (κ2) is 4.97. The van der Waals surface area contributed by atoms with E-state index in [2.05, 4.69) is 10.3 Å². The summed E-state index contributed by atoms with van der Waals surface area (Å²) >= 11 is 0. The number of anilines is 1. The van der Waals surface area contributed by atoms with Crippen molar-refractivity contribution in [3.63, 3.8) is 0 Å². The van der Waals surface area contributed by atoms with Crippen molar-refractivity contribution < 1.29 is 22.6 Å². The Bertz CT molecular complexity index is 424. The van der Waals surface area contributed by atoms with Gasteiger partial charge < -0.3 is 14.8 Å². The van der Waals surface area contributed by atoms with Gasteiger partial charge in [0.1, 0.15) is 5.82 Å². The van der Waals surface area contributed by atoms with Gasteiger partial charge in [-0.15, -0.1) is 0 Å². The Morgan fingerprint density at radius 1 is 1.32 bits per heavy atom. The molecule has 0 bridgehead atoms. The van der Waals surface area contributed by atoms with Gasteiger partial charge in [-0.1, -0.05) is 0 Å². The van der Waals surface area contributed by atoms with Gasteiger partial charge in [-0.25, -0.2) is 4.98 Å². The van der Waals surface area contributed by atoms with Crippen LogP contribution in [0, 0.1) is 0 Å². The Kier molecular flexibility index (Phi) is 3.69. The quantitative estimate of drug-likeness (QED) is 0.859. The molecule has 1 aliphatic carbocycles. The molecule has 1 fully saturated rings. The fourth-order valence-electron chi connectivity index (χ4n) is 2.10. The molecular formula is C12H15F3N2O2. The standard InChI is InChI=1S/C12H15F3N2O2/c1-18-11(19-2)6-5-9(11)17-10-4-3-8(7-16-10)12(13,14)15/h3-4,7,9H,5-6H2,1-2H3,(H,16,17)/t9-/m1/s1. The highest BCUT2D eigenvalue weighted by Gasteiger charge is 2.48. The van der Waals surface area contributed by atoms with Crippen LogP contribution in [0.15, 0.2) is 18.3 Å². The maximum atomic E-state index is 12.4. The average molecular weight is 276 g/mol. The first-order chi connectivity index (χ1) is 8.91. The van der Waals surface area contributed by atoms with E-state index < -0.39 is 17.5 Å². The molecule has 0 aromatic carbocycles. The smallest absolute Gasteiger partial charge is 0.362 e. The summed E-state index contributed by atoms with van der Waals surface area (Å²) in [7, 11) is 3.08. The summed E-state index contributed by atoms with van der Waals surface area (Å²) in [5.74, 6) is -0.346. The molecule has 106 valence electrons. The summed E-state index contributed by atoms with van der Waals surface area (Å²) < 4.78 is 47.8. The fourth-order valence-corrected chi connectivity index (χ4v) is 2.10. The molecule has 2 rings (SSSR count). The summed E-state index contributed by atoms with van der Waals surface area (Å²) in [6.45, 7) is 0. The van der Waals surface area contributed by atoms with Gasteiger partial charge in [0.15, 0.2) is 5.79 Å². The van der Waals surface area contributed by atoms with E-state index in [4.69, 9.17) is 9.47 Å². The number of hydrogen-bond donors (Lipinski definition) is 1. The van der Waals surface area contributed by atoms with Crippen LogP contribution in [0.2, 0.25) is 0 Å². The van der Waals surface area contributed by atoms with E-state index >= 15 is 0 Å². The number of pyridine rings is 1. The average Bonchev–Trinajstić information content (AvgIpc) is 2.36. The third kappa shape index (κ3) is 2.66. The van der Waals surface area contributed by atoms with Crippen molar-refractivity contribution in [3.8, 4) is 0 Å². The zero-order valence-corrected chi connectivity index (χ0v) is 10.6. The summed E-state index contributed by atoms with van der Waals surface area (Å²) in [5.41, 5.74) is -0.767. The Hall–Kier alpha value is -1.34. The molecule has 0 amide bonds. The lowest BCUT2D eigenvalue weighted by atomic mass is 9.84. The van der Waals surface area contributed by atoms with Crippen molar-refractivity contribution in [2.45, 2.75) is 30.8 Å². The van der Waals surface area contributed by atoms with Crippen LogP contribution in [0.3, 0.4) is 0 Å². The van der Waals surface area contributed by atoms with E-state index in [1.54, 1.807) is 0 Å². The van der Waals surface area contributed by atoms with Crippen molar-refractivity contribution in [3.05, 3.63) is 23.9 Å². The number of methoxy groups -OCH3 is 2. The van der Waals surface area contributed by atoms with Gasteiger partial charge in [-0.05, 0) is 18.6 Å². The predicted molar refractivity (Wildman–Crippen MR) is 62.6 cm³/mol. The zero-order chi connectivity index (χ0) is 14.1. The highest BCUT2D eigenvalue weighted by molar-refractivity contribution is 5.38. The second-order valence-corrected chi connectivity index (χ2v) is 4.39. The van der Waals surface area contributed by atoms with Crippen molar-refractivity contribution in [1.82, 2.24) is 4.98 Å². The summed E-state index contributed by atoms with van der Waals surface area (Å²) in [4.78, 5) is 3.76. The minimum Gasteiger partial charge on any atom is -0.362 e. The van der Waals surface area contributed by atoms with Crippen LogP contribution in [0.5, 0.6) is 0 Å². The lowest BCUT2D eigenvalue weighted by Crippen LogP contribution is -2.58. The Labute approximate surface area is 108 Å². The monoisotopic (exact) mass is 276 g/mol. The molecule has 0 aliphatic heterocycles. The fraction of sp³-hybridized carbons (Fsp3) is 0.583. The van der Waals surface area contributed by atoms with E-state index in [1.165, 1.54) is 20.3 Å². The minimum atomic E-state index is -4.37. The van der Waals surface area contributed by atoms with E-state index in [0.717, 1.165) is 25.1 Å². The zero-order valence-electron chi connectivity index (χ0n) is 10.6. The van der Waals surface area contributed by atoms with Crippen LogP contribution < -0.4 is 5.32 Å². The minimum absolute atomic E-state index is 0.119. The molecule has 0 radical (unpaired) electrons. The molecule has 19 heavy (non-hydrogen) atoms. The van der Waals surface area contributed by atoms with Crippen LogP contribution in [0.1, 0.15) is 18.4 Å². The third-order valence-corrected chi connectivity index (χ3v) is 3.42. The second-order valence-electron chi connectivity index (χ2n) is 4.39. The Balaban J connectivity index is 2.05. The topological polar surface area (TPSA) is 43.4 Å². The third-order valence-electron chi connectivity index (χ3n) is 3.42. The van der Waals surface area contributed by atoms with Gasteiger partial charge in [-0.2, -0.15) is 13.2 Å². The maximum absolute atomic E-state index is 12.4. The molecule has 1 aromatic heterocycles. The predicted octanol–water partition coefficient (Wildman–Crippen LogP) is 2.66. The molecule has 1 atom stereocenters. The Morgan fingerprint density at radius 3 is 2.37 bits per heavy atom. The van der Waals surface area contributed by atoms with Crippen molar-refractivity contribution in [2.75, 3.05) is 19.5 Å². The van der Waals surface area contributed by atoms with Crippen LogP contribution in [-0.4, -0.2) is 31.0 Å². The molecular weight excluding hydrogens is 261 g/mol. The largest absolute Gasteiger partial charge is 0.417 e. The number of alkyl halides is 3. The van der Waals surface area contributed by atoms with Crippen molar-refractivity contribution in [2.24, 2.45) is 0 Å². The molecule has 0 saturated heterocycles. The molecule has 0 spiro atoms. The molecule has 4 nitrogen and oxygen atoms in total. The van der Waals surface area contributed by atoms with Crippen molar-refractivity contribution >= 4 is 5.82 Å². The van der Waals surface area contributed by atoms with Gasteiger partial charge in [0.2, 0.25) is 0 Å². The number of nitrogens with one attached hydrogen (secondary N) is 1. The first-order valence-electron chi connectivity index (χ1n) is 5.81. The lowest BCUT2D eigenvalue weighted by Gasteiger charge is -2.47. The Morgan fingerprint density at radius 2 is 2.00 bits per heavy atom. The van der Waals surface area contributed by atoms with Gasteiger partial charge in [0.05, 0.1) is 11.6 Å². The molecule has 0 unspecified atom stereocenters. The molecule has 1 N–H and O–H groups in total.